The molecule has 1 heterocycles. The van der Waals surface area contributed by atoms with Crippen molar-refractivity contribution >= 4 is 22.8 Å². The molecular weight excluding hydrogens is 246 g/mol. The Hall–Kier alpha value is -2.37. The van der Waals surface area contributed by atoms with Crippen molar-refractivity contribution in [2.75, 3.05) is 0 Å². The zero-order chi connectivity index (χ0) is 14.0. The Kier molecular flexibility index (Phi) is 3.50. The molecular formula is C13H15N3O3. The summed E-state index contributed by atoms with van der Waals surface area (Å²) in [5.74, 6) is -1.61. The lowest BCUT2D eigenvalue weighted by molar-refractivity contribution is -0.140. The summed E-state index contributed by atoms with van der Waals surface area (Å²) in [5, 5.41) is 19.0. The molecule has 0 bridgehead atoms. The van der Waals surface area contributed by atoms with Crippen LogP contribution in [-0.4, -0.2) is 33.2 Å². The average molecular weight is 261 g/mol. The topological polar surface area (TPSA) is 95.1 Å². The monoisotopic (exact) mass is 261 g/mol. The minimum absolute atomic E-state index is 0.181. The van der Waals surface area contributed by atoms with Crippen LogP contribution < -0.4 is 5.32 Å². The second-order valence-electron chi connectivity index (χ2n) is 4.71. The number of nitrogens with one attached hydrogen (secondary N) is 2. The van der Waals surface area contributed by atoms with Crippen molar-refractivity contribution in [2.45, 2.75) is 19.9 Å². The average Bonchev–Trinajstić information content (AvgIpc) is 2.81. The lowest BCUT2D eigenvalue weighted by atomic mass is 10.0. The molecule has 0 spiro atoms. The van der Waals surface area contributed by atoms with Crippen molar-refractivity contribution in [3.63, 3.8) is 0 Å². The summed E-state index contributed by atoms with van der Waals surface area (Å²) in [6.07, 6.45) is 1.61. The number of carbonyl (C=O) groups is 2. The molecule has 100 valence electrons. The second kappa shape index (κ2) is 5.09. The summed E-state index contributed by atoms with van der Waals surface area (Å²) < 4.78 is 0. The summed E-state index contributed by atoms with van der Waals surface area (Å²) in [6.45, 7) is 3.50. The van der Waals surface area contributed by atoms with Crippen molar-refractivity contribution in [3.05, 3.63) is 30.0 Å². The van der Waals surface area contributed by atoms with Gasteiger partial charge in [0.05, 0.1) is 11.7 Å². The number of fused-ring (bicyclic) bond motifs is 1. The van der Waals surface area contributed by atoms with Gasteiger partial charge >= 0.3 is 5.97 Å². The van der Waals surface area contributed by atoms with E-state index in [4.69, 9.17) is 5.11 Å². The summed E-state index contributed by atoms with van der Waals surface area (Å²) >= 11 is 0. The standard InChI is InChI=1S/C13H15N3O3/c1-7(2)11(13(18)19)15-12(17)8-3-4-10-9(5-8)6-14-16-10/h3-7,11H,1-2H3,(H,14,16)(H,15,17)(H,18,19)/t11-/m0/s1. The van der Waals surface area contributed by atoms with E-state index in [9.17, 15) is 9.59 Å². The van der Waals surface area contributed by atoms with E-state index in [1.807, 2.05) is 0 Å². The summed E-state index contributed by atoms with van der Waals surface area (Å²) in [5.41, 5.74) is 1.25. The van der Waals surface area contributed by atoms with Gasteiger partial charge in [-0.25, -0.2) is 4.79 Å². The molecule has 3 N–H and O–H groups in total. The van der Waals surface area contributed by atoms with Crippen LogP contribution in [0.15, 0.2) is 24.4 Å². The largest absolute Gasteiger partial charge is 0.480 e. The van der Waals surface area contributed by atoms with Crippen LogP contribution in [0.25, 0.3) is 10.9 Å². The highest BCUT2D eigenvalue weighted by Gasteiger charge is 2.23. The number of carbonyl (C=O) groups excluding carboxylic acids is 1. The van der Waals surface area contributed by atoms with Gasteiger partial charge in [0.1, 0.15) is 6.04 Å². The van der Waals surface area contributed by atoms with Crippen LogP contribution in [-0.2, 0) is 4.79 Å². The molecule has 0 saturated carbocycles. The van der Waals surface area contributed by atoms with Crippen molar-refractivity contribution in [1.29, 1.82) is 0 Å². The molecule has 6 nitrogen and oxygen atoms in total. The van der Waals surface area contributed by atoms with Gasteiger partial charge in [0, 0.05) is 10.9 Å². The molecule has 6 heteroatoms. The van der Waals surface area contributed by atoms with Gasteiger partial charge in [0.15, 0.2) is 0 Å². The Morgan fingerprint density at radius 2 is 2.11 bits per heavy atom. The molecule has 0 radical (unpaired) electrons. The van der Waals surface area contributed by atoms with Gasteiger partial charge in [-0.2, -0.15) is 5.10 Å². The summed E-state index contributed by atoms with van der Waals surface area (Å²) in [6, 6.07) is 4.15. The first-order valence-corrected chi connectivity index (χ1v) is 5.96. The first kappa shape index (κ1) is 13.1. The predicted octanol–water partition coefficient (Wildman–Crippen LogP) is 1.40. The number of benzene rings is 1. The number of amides is 1. The Bertz CT molecular complexity index is 618. The second-order valence-corrected chi connectivity index (χ2v) is 4.71. The highest BCUT2D eigenvalue weighted by Crippen LogP contribution is 2.13. The van der Waals surface area contributed by atoms with Gasteiger partial charge in [-0.3, -0.25) is 9.89 Å². The first-order chi connectivity index (χ1) is 8.99. The van der Waals surface area contributed by atoms with Crippen LogP contribution in [0, 0.1) is 5.92 Å². The lowest BCUT2D eigenvalue weighted by Gasteiger charge is -2.17. The highest BCUT2D eigenvalue weighted by atomic mass is 16.4. The molecule has 0 saturated heterocycles. The molecule has 0 aliphatic carbocycles. The highest BCUT2D eigenvalue weighted by molar-refractivity contribution is 5.99. The third-order valence-electron chi connectivity index (χ3n) is 2.92. The van der Waals surface area contributed by atoms with E-state index in [0.29, 0.717) is 5.56 Å². The molecule has 1 atom stereocenters. The molecule has 0 fully saturated rings. The Balaban J connectivity index is 2.21. The van der Waals surface area contributed by atoms with Crippen LogP contribution in [0.2, 0.25) is 0 Å². The Morgan fingerprint density at radius 3 is 2.74 bits per heavy atom. The van der Waals surface area contributed by atoms with Crippen LogP contribution in [0.1, 0.15) is 24.2 Å². The molecule has 0 aliphatic rings. The third kappa shape index (κ3) is 2.73. The van der Waals surface area contributed by atoms with Gasteiger partial charge < -0.3 is 10.4 Å². The normalized spacial score (nSPS) is 12.6. The smallest absolute Gasteiger partial charge is 0.326 e. The van der Waals surface area contributed by atoms with Crippen molar-refractivity contribution < 1.29 is 14.7 Å². The fourth-order valence-corrected chi connectivity index (χ4v) is 1.82. The van der Waals surface area contributed by atoms with Gasteiger partial charge in [0.25, 0.3) is 5.91 Å². The number of hydrogen-bond acceptors (Lipinski definition) is 3. The maximum atomic E-state index is 12.0. The molecule has 1 amide bonds. The maximum Gasteiger partial charge on any atom is 0.326 e. The van der Waals surface area contributed by atoms with Crippen molar-refractivity contribution in [1.82, 2.24) is 15.5 Å². The zero-order valence-electron chi connectivity index (χ0n) is 10.7. The number of H-pyrrole nitrogens is 1. The quantitative estimate of drug-likeness (QED) is 0.775. The van der Waals surface area contributed by atoms with E-state index in [-0.39, 0.29) is 5.92 Å². The minimum Gasteiger partial charge on any atom is -0.480 e. The SMILES string of the molecule is CC(C)[C@H](NC(=O)c1ccc2[nH]ncc2c1)C(=O)O. The number of aromatic nitrogens is 2. The number of aliphatic carboxylic acids is 1. The fraction of sp³-hybridized carbons (Fsp3) is 0.308. The van der Waals surface area contributed by atoms with E-state index in [2.05, 4.69) is 15.5 Å². The van der Waals surface area contributed by atoms with Gasteiger partial charge in [-0.1, -0.05) is 13.8 Å². The number of aromatic amines is 1. The van der Waals surface area contributed by atoms with Gasteiger partial charge in [-0.05, 0) is 24.1 Å². The molecule has 1 aromatic heterocycles. The lowest BCUT2D eigenvalue weighted by Crippen LogP contribution is -2.44. The minimum atomic E-state index is -1.03. The van der Waals surface area contributed by atoms with Crippen molar-refractivity contribution in [3.8, 4) is 0 Å². The molecule has 19 heavy (non-hydrogen) atoms. The number of rotatable bonds is 4. The summed E-state index contributed by atoms with van der Waals surface area (Å²) in [4.78, 5) is 23.1. The van der Waals surface area contributed by atoms with Crippen LogP contribution in [0.4, 0.5) is 0 Å². The maximum absolute atomic E-state index is 12.0. The molecule has 2 aromatic rings. The predicted molar refractivity (Wildman–Crippen MR) is 69.8 cm³/mol. The van der Waals surface area contributed by atoms with E-state index in [1.165, 1.54) is 0 Å². The van der Waals surface area contributed by atoms with Crippen LogP contribution in [0.5, 0.6) is 0 Å². The van der Waals surface area contributed by atoms with Crippen molar-refractivity contribution in [2.24, 2.45) is 5.92 Å². The van der Waals surface area contributed by atoms with E-state index < -0.39 is 17.9 Å². The van der Waals surface area contributed by atoms with Crippen LogP contribution in [0.3, 0.4) is 0 Å². The number of nitrogens with zero attached hydrogens (tertiary/aromatic N) is 1. The van der Waals surface area contributed by atoms with E-state index in [0.717, 1.165) is 10.9 Å². The van der Waals surface area contributed by atoms with Gasteiger partial charge in [-0.15, -0.1) is 0 Å². The molecule has 1 aromatic carbocycles. The Morgan fingerprint density at radius 1 is 1.37 bits per heavy atom. The van der Waals surface area contributed by atoms with E-state index in [1.54, 1.807) is 38.2 Å². The number of hydrogen-bond donors (Lipinski definition) is 3. The fourth-order valence-electron chi connectivity index (χ4n) is 1.82. The zero-order valence-corrected chi connectivity index (χ0v) is 10.7. The Labute approximate surface area is 109 Å². The number of carboxylic acid groups (broad SMARTS) is 1. The van der Waals surface area contributed by atoms with E-state index >= 15 is 0 Å². The molecule has 0 unspecified atom stereocenters. The first-order valence-electron chi connectivity index (χ1n) is 5.96. The molecule has 0 aliphatic heterocycles. The van der Waals surface area contributed by atoms with Crippen LogP contribution >= 0.6 is 0 Å². The third-order valence-corrected chi connectivity index (χ3v) is 2.92. The van der Waals surface area contributed by atoms with Gasteiger partial charge in [0.2, 0.25) is 0 Å². The molecule has 2 rings (SSSR count). The number of carboxylic acids is 1. The summed E-state index contributed by atoms with van der Waals surface area (Å²) in [7, 11) is 0.